The first kappa shape index (κ1) is 35.4. The number of anilines is 2. The first-order chi connectivity index (χ1) is 26.4. The number of nitrogens with two attached hydrogens (primary N) is 2. The van der Waals surface area contributed by atoms with Crippen LogP contribution < -0.4 is 11.5 Å². The molecule has 18 heteroatoms. The van der Waals surface area contributed by atoms with Crippen molar-refractivity contribution in [3.8, 4) is 43.8 Å². The minimum absolute atomic E-state index is 0.206. The van der Waals surface area contributed by atoms with E-state index in [-0.39, 0.29) is 10.5 Å². The lowest BCUT2D eigenvalue weighted by Gasteiger charge is -2.23. The molecule has 54 heavy (non-hydrogen) atoms. The number of hydrogen-bond acceptors (Lipinski definition) is 15. The molecule has 2 fully saturated rings. The van der Waals surface area contributed by atoms with Crippen LogP contribution in [0.4, 0.5) is 11.4 Å². The Morgan fingerprint density at radius 3 is 2.02 bits per heavy atom. The number of hydrogen-bond donors (Lipinski definition) is 2. The Labute approximate surface area is 330 Å². The molecule has 2 aliphatic carbocycles. The molecule has 8 aromatic heterocycles. The number of thiophene rings is 2. The molecule has 8 aromatic rings. The largest absolute Gasteiger partial charge is 0.396 e. The molecule has 2 saturated carbocycles. The van der Waals surface area contributed by atoms with Crippen molar-refractivity contribution < 1.29 is 8.42 Å². The van der Waals surface area contributed by atoms with Gasteiger partial charge in [0.1, 0.15) is 35.1 Å². The van der Waals surface area contributed by atoms with Crippen molar-refractivity contribution in [3.05, 3.63) is 66.3 Å². The van der Waals surface area contributed by atoms with Gasteiger partial charge in [-0.1, -0.05) is 12.8 Å². The molecule has 4 N–H and O–H groups in total. The van der Waals surface area contributed by atoms with Crippen molar-refractivity contribution in [3.63, 3.8) is 0 Å². The molecule has 8 heterocycles. The number of pyridine rings is 3. The Morgan fingerprint density at radius 1 is 0.815 bits per heavy atom. The fourth-order valence-electron chi connectivity index (χ4n) is 6.34. The fourth-order valence-corrected chi connectivity index (χ4v) is 14.0. The van der Waals surface area contributed by atoms with Crippen molar-refractivity contribution in [2.45, 2.75) is 57.4 Å². The summed E-state index contributed by atoms with van der Waals surface area (Å²) in [6.45, 7) is 0. The maximum atomic E-state index is 13.0. The summed E-state index contributed by atoms with van der Waals surface area (Å²) in [5.74, 6) is 0.700. The van der Waals surface area contributed by atoms with Crippen LogP contribution in [-0.2, 0) is 28.6 Å². The molecule has 0 bridgehead atoms. The standard InChI is InChI=1S/C19H16N4OS3.C17H16N6OS3/c20-17-16-13(15-9-22-10-25-15)7-14(11-3-2-6-21-8-11)23-18(16)26-19(17)27(24)12-4-1-5-12;1-23-8-20-22-14(23)10-7-11(15-19-5-6-25-15)21-16-12(10)13(18)17(26-16)27(24)9-3-2-4-9/h2-3,6-10,12H,1,4-5,20H2;5-9H,2-4,18H2,1H3. The van der Waals surface area contributed by atoms with Crippen LogP contribution in [0.15, 0.2) is 74.7 Å². The summed E-state index contributed by atoms with van der Waals surface area (Å²) in [4.78, 5) is 25.0. The number of nitrogen functional groups attached to an aromatic ring is 2. The van der Waals surface area contributed by atoms with Gasteiger partial charge in [-0.15, -0.1) is 55.5 Å². The lowest BCUT2D eigenvalue weighted by molar-refractivity contribution is 0.505. The van der Waals surface area contributed by atoms with Crippen LogP contribution in [0.1, 0.15) is 38.5 Å². The number of thiazole rings is 2. The van der Waals surface area contributed by atoms with Gasteiger partial charge in [-0.25, -0.2) is 15.0 Å². The van der Waals surface area contributed by atoms with Gasteiger partial charge in [0.05, 0.1) is 49.1 Å². The summed E-state index contributed by atoms with van der Waals surface area (Å²) in [6, 6.07) is 7.87. The summed E-state index contributed by atoms with van der Waals surface area (Å²) < 4.78 is 29.3. The van der Waals surface area contributed by atoms with E-state index in [9.17, 15) is 8.42 Å². The predicted molar refractivity (Wildman–Crippen MR) is 222 cm³/mol. The molecule has 2 aliphatic rings. The normalized spacial score (nSPS) is 15.8. The molecule has 274 valence electrons. The van der Waals surface area contributed by atoms with Crippen LogP contribution in [0.25, 0.3) is 64.2 Å². The Bertz CT molecular complexity index is 2660. The Hall–Kier alpha value is -4.33. The maximum Gasteiger partial charge on any atom is 0.164 e. The summed E-state index contributed by atoms with van der Waals surface area (Å²) in [5.41, 5.74) is 20.3. The number of fused-ring (bicyclic) bond motifs is 2. The van der Waals surface area contributed by atoms with E-state index in [1.165, 1.54) is 34.0 Å². The molecular weight excluding hydrogens is 797 g/mol. The summed E-state index contributed by atoms with van der Waals surface area (Å²) in [6.07, 6.45) is 15.1. The molecular formula is C36H32N10O2S6. The third-order valence-electron chi connectivity index (χ3n) is 9.66. The van der Waals surface area contributed by atoms with Crippen LogP contribution in [0.3, 0.4) is 0 Å². The number of nitrogens with zero attached hydrogens (tertiary/aromatic N) is 8. The topological polar surface area (TPSA) is 181 Å². The van der Waals surface area contributed by atoms with Crippen molar-refractivity contribution in [2.24, 2.45) is 7.05 Å². The smallest absolute Gasteiger partial charge is 0.164 e. The molecule has 0 aromatic carbocycles. The van der Waals surface area contributed by atoms with Gasteiger partial charge in [0.2, 0.25) is 0 Å². The summed E-state index contributed by atoms with van der Waals surface area (Å²) in [5, 5.41) is 13.1. The summed E-state index contributed by atoms with van der Waals surface area (Å²) in [7, 11) is -0.265. The van der Waals surface area contributed by atoms with E-state index in [0.717, 1.165) is 105 Å². The molecule has 0 spiro atoms. The van der Waals surface area contributed by atoms with Gasteiger partial charge in [-0.05, 0) is 49.9 Å². The third kappa shape index (κ3) is 6.37. The SMILES string of the molecule is Cn1cnnc1-c1cc(-c2nccs2)nc2sc(S(=O)C3CCC3)c(N)c12.Nc1c(S(=O)C2CCC2)sc2nc(-c3cccnc3)cc(-c3cncs3)c12. The first-order valence-electron chi connectivity index (χ1n) is 17.2. The van der Waals surface area contributed by atoms with Crippen LogP contribution in [0, 0.1) is 0 Å². The monoisotopic (exact) mass is 828 g/mol. The maximum absolute atomic E-state index is 13.0. The lowest BCUT2D eigenvalue weighted by Crippen LogP contribution is -2.23. The highest BCUT2D eigenvalue weighted by atomic mass is 32.2. The average molecular weight is 829 g/mol. The fraction of sp³-hybridized carbons (Fsp3) is 0.250. The Kier molecular flexibility index (Phi) is 9.65. The Morgan fingerprint density at radius 2 is 1.48 bits per heavy atom. The van der Waals surface area contributed by atoms with Crippen LogP contribution in [-0.4, -0.2) is 58.6 Å². The summed E-state index contributed by atoms with van der Waals surface area (Å²) >= 11 is 5.97. The zero-order valence-electron chi connectivity index (χ0n) is 28.7. The molecule has 0 radical (unpaired) electrons. The van der Waals surface area contributed by atoms with Crippen LogP contribution >= 0.6 is 45.3 Å². The first-order valence-corrected chi connectivity index (χ1v) is 23.0. The average Bonchev–Trinajstić information content (AvgIpc) is 3.99. The van der Waals surface area contributed by atoms with Crippen LogP contribution in [0.5, 0.6) is 0 Å². The Balaban J connectivity index is 0.000000142. The second-order valence-corrected chi connectivity index (χ2v) is 20.6. The minimum Gasteiger partial charge on any atom is -0.396 e. The van der Waals surface area contributed by atoms with E-state index in [1.54, 1.807) is 41.8 Å². The van der Waals surface area contributed by atoms with Gasteiger partial charge in [0.25, 0.3) is 0 Å². The van der Waals surface area contributed by atoms with E-state index in [0.29, 0.717) is 17.2 Å². The van der Waals surface area contributed by atoms with Gasteiger partial charge < -0.3 is 16.0 Å². The highest BCUT2D eigenvalue weighted by molar-refractivity contribution is 7.88. The van der Waals surface area contributed by atoms with Gasteiger partial charge in [0.15, 0.2) is 5.82 Å². The van der Waals surface area contributed by atoms with Crippen molar-refractivity contribution >= 4 is 98.8 Å². The molecule has 0 aliphatic heterocycles. The van der Waals surface area contributed by atoms with Crippen molar-refractivity contribution in [1.29, 1.82) is 0 Å². The highest BCUT2D eigenvalue weighted by Gasteiger charge is 2.31. The number of aromatic nitrogens is 8. The van der Waals surface area contributed by atoms with Gasteiger partial charge >= 0.3 is 0 Å². The predicted octanol–water partition coefficient (Wildman–Crippen LogP) is 8.18. The van der Waals surface area contributed by atoms with Crippen molar-refractivity contribution in [2.75, 3.05) is 11.5 Å². The van der Waals surface area contributed by atoms with E-state index in [1.807, 2.05) is 47.5 Å². The van der Waals surface area contributed by atoms with E-state index in [2.05, 4.69) is 25.1 Å². The third-order valence-corrected chi connectivity index (χ3v) is 17.9. The molecule has 2 atom stereocenters. The van der Waals surface area contributed by atoms with E-state index < -0.39 is 21.6 Å². The van der Waals surface area contributed by atoms with E-state index >= 15 is 0 Å². The van der Waals surface area contributed by atoms with Gasteiger partial charge in [-0.3, -0.25) is 18.4 Å². The molecule has 12 nitrogen and oxygen atoms in total. The molecule has 0 amide bonds. The zero-order chi connectivity index (χ0) is 36.9. The highest BCUT2D eigenvalue weighted by Crippen LogP contribution is 2.46. The number of rotatable bonds is 8. The molecule has 10 rings (SSSR count). The molecule has 2 unspecified atom stereocenters. The zero-order valence-corrected chi connectivity index (χ0v) is 33.6. The minimum atomic E-state index is -1.09. The van der Waals surface area contributed by atoms with Gasteiger partial charge in [-0.2, -0.15) is 0 Å². The second kappa shape index (κ2) is 14.7. The quantitative estimate of drug-likeness (QED) is 0.151. The van der Waals surface area contributed by atoms with Gasteiger partial charge in [0, 0.05) is 75.2 Å². The van der Waals surface area contributed by atoms with Crippen LogP contribution in [0.2, 0.25) is 0 Å². The molecule has 0 saturated heterocycles. The lowest BCUT2D eigenvalue weighted by atomic mass is 10.0. The second-order valence-electron chi connectivity index (χ2n) is 13.0. The number of aryl methyl sites for hydroxylation is 1. The van der Waals surface area contributed by atoms with E-state index in [4.69, 9.17) is 21.4 Å². The van der Waals surface area contributed by atoms with Crippen molar-refractivity contribution in [1.82, 2.24) is 39.7 Å².